The molecule has 1 saturated heterocycles. The molecule has 2 unspecified atom stereocenters. The quantitative estimate of drug-likeness (QED) is 0.542. The van der Waals surface area contributed by atoms with Crippen LogP contribution in [-0.4, -0.2) is 8.07 Å². The summed E-state index contributed by atoms with van der Waals surface area (Å²) in [6, 6.07) is 0. The van der Waals surface area contributed by atoms with Crippen molar-refractivity contribution in [3.63, 3.8) is 0 Å². The van der Waals surface area contributed by atoms with E-state index in [4.69, 9.17) is 0 Å². The molecule has 2 atom stereocenters. The molecule has 0 aromatic heterocycles. The van der Waals surface area contributed by atoms with Gasteiger partial charge in [-0.05, 0) is 34.3 Å². The molecule has 3 rings (SSSR count). The van der Waals surface area contributed by atoms with Gasteiger partial charge in [-0.3, -0.25) is 0 Å². The normalized spacial score (nSPS) is 42.3. The molecule has 0 aromatic carbocycles. The van der Waals surface area contributed by atoms with Gasteiger partial charge >= 0.3 is 0 Å². The van der Waals surface area contributed by atoms with Gasteiger partial charge in [-0.2, -0.15) is 0 Å². The van der Waals surface area contributed by atoms with Gasteiger partial charge < -0.3 is 0 Å². The second-order valence-electron chi connectivity index (χ2n) is 8.45. The summed E-state index contributed by atoms with van der Waals surface area (Å²) in [7, 11) is -1.11. The fraction of sp³-hybridized carbons (Fsp3) is 0.765. The summed E-state index contributed by atoms with van der Waals surface area (Å²) in [4.78, 5) is 0. The third-order valence-electron chi connectivity index (χ3n) is 7.34. The maximum absolute atomic E-state index is 2.65. The Balaban J connectivity index is 2.14. The Bertz CT molecular complexity index is 450. The standard InChI is InChI=1S/C17H28Si/c1-15(2)12-11-14-17(16(15,3)4,18(14,5)6)13-9-7-8-10-13/h7-9,14H,10-12H2,1-6H3. The zero-order valence-corrected chi connectivity index (χ0v) is 13.9. The minimum absolute atomic E-state index is 0.455. The fourth-order valence-electron chi connectivity index (χ4n) is 5.82. The van der Waals surface area contributed by atoms with Gasteiger partial charge in [0.1, 0.15) is 0 Å². The first-order chi connectivity index (χ1) is 8.19. The molecule has 2 aliphatic carbocycles. The summed E-state index contributed by atoms with van der Waals surface area (Å²) in [5, 5.41) is 0.589. The molecule has 2 fully saturated rings. The first-order valence-electron chi connectivity index (χ1n) is 7.56. The zero-order valence-electron chi connectivity index (χ0n) is 12.9. The van der Waals surface area contributed by atoms with Gasteiger partial charge in [0, 0.05) is 0 Å². The number of allylic oxidation sites excluding steroid dienone is 4. The van der Waals surface area contributed by atoms with Gasteiger partial charge in [-0.1, -0.05) is 71.0 Å². The molecular formula is C17H28Si. The lowest BCUT2D eigenvalue weighted by Gasteiger charge is -2.53. The number of rotatable bonds is 1. The lowest BCUT2D eigenvalue weighted by Crippen LogP contribution is -2.43. The minimum atomic E-state index is -1.11. The summed E-state index contributed by atoms with van der Waals surface area (Å²) in [5.74, 6) is 0. The Morgan fingerprint density at radius 3 is 2.39 bits per heavy atom. The van der Waals surface area contributed by atoms with Crippen molar-refractivity contribution in [3.05, 3.63) is 23.8 Å². The van der Waals surface area contributed by atoms with Crippen LogP contribution in [0.1, 0.15) is 47.0 Å². The highest BCUT2D eigenvalue weighted by atomic mass is 28.3. The highest BCUT2D eigenvalue weighted by molar-refractivity contribution is 6.94. The Morgan fingerprint density at radius 2 is 1.83 bits per heavy atom. The van der Waals surface area contributed by atoms with Crippen molar-refractivity contribution in [2.75, 3.05) is 0 Å². The number of fused-ring (bicyclic) bond motifs is 1. The fourth-order valence-corrected chi connectivity index (χ4v) is 12.9. The molecule has 1 heteroatoms. The first-order valence-corrected chi connectivity index (χ1v) is 10.6. The Hall–Kier alpha value is -0.303. The Labute approximate surface area is 114 Å². The van der Waals surface area contributed by atoms with E-state index in [1.54, 1.807) is 5.57 Å². The van der Waals surface area contributed by atoms with Crippen molar-refractivity contribution in [2.24, 2.45) is 10.8 Å². The van der Waals surface area contributed by atoms with Crippen LogP contribution in [0.2, 0.25) is 23.7 Å². The topological polar surface area (TPSA) is 0 Å². The molecule has 18 heavy (non-hydrogen) atoms. The van der Waals surface area contributed by atoms with E-state index < -0.39 is 8.07 Å². The smallest absolute Gasteiger partial charge is 0.0627 e. The molecule has 1 aliphatic heterocycles. The van der Waals surface area contributed by atoms with Crippen molar-refractivity contribution in [1.29, 1.82) is 0 Å². The van der Waals surface area contributed by atoms with E-state index in [0.29, 0.717) is 15.9 Å². The summed E-state index contributed by atoms with van der Waals surface area (Å²) in [6.45, 7) is 15.5. The molecule has 1 saturated carbocycles. The lowest BCUT2D eigenvalue weighted by atomic mass is 9.53. The highest BCUT2D eigenvalue weighted by Gasteiger charge is 2.81. The van der Waals surface area contributed by atoms with E-state index in [0.717, 1.165) is 5.54 Å². The summed E-state index contributed by atoms with van der Waals surface area (Å²) in [5.41, 5.74) is 3.76. The number of hydrogen-bond donors (Lipinski definition) is 0. The van der Waals surface area contributed by atoms with Gasteiger partial charge in [0.05, 0.1) is 8.07 Å². The maximum atomic E-state index is 2.65. The van der Waals surface area contributed by atoms with Gasteiger partial charge in [0.25, 0.3) is 0 Å². The van der Waals surface area contributed by atoms with E-state index in [1.807, 2.05) is 0 Å². The van der Waals surface area contributed by atoms with Crippen LogP contribution in [0.4, 0.5) is 0 Å². The van der Waals surface area contributed by atoms with E-state index in [9.17, 15) is 0 Å². The average Bonchev–Trinajstić information content (AvgIpc) is 2.67. The summed E-state index contributed by atoms with van der Waals surface area (Å²) < 4.78 is 0. The van der Waals surface area contributed by atoms with Crippen molar-refractivity contribution in [3.8, 4) is 0 Å². The second-order valence-corrected chi connectivity index (χ2v) is 13.4. The van der Waals surface area contributed by atoms with Gasteiger partial charge in [-0.25, -0.2) is 0 Å². The largest absolute Gasteiger partial charge is 0.0805 e. The third-order valence-corrected chi connectivity index (χ3v) is 12.8. The molecule has 0 aromatic rings. The molecule has 0 radical (unpaired) electrons. The van der Waals surface area contributed by atoms with Crippen LogP contribution in [0.3, 0.4) is 0 Å². The van der Waals surface area contributed by atoms with Crippen LogP contribution in [0, 0.1) is 10.8 Å². The van der Waals surface area contributed by atoms with Crippen LogP contribution in [0.25, 0.3) is 0 Å². The summed E-state index contributed by atoms with van der Waals surface area (Å²) in [6.07, 6.45) is 11.2. The number of hydrogen-bond acceptors (Lipinski definition) is 0. The SMILES string of the molecule is CC1(C)CCC2C(C3=CC=CC3)(C1(C)C)[Si]2(C)C. The predicted molar refractivity (Wildman–Crippen MR) is 82.6 cm³/mol. The molecule has 0 nitrogen and oxygen atoms in total. The molecule has 100 valence electrons. The van der Waals surface area contributed by atoms with Crippen molar-refractivity contribution < 1.29 is 0 Å². The molecule has 0 amide bonds. The van der Waals surface area contributed by atoms with E-state index in [1.165, 1.54) is 19.3 Å². The predicted octanol–water partition coefficient (Wildman–Crippen LogP) is 5.55. The second kappa shape index (κ2) is 3.23. The molecule has 0 N–H and O–H groups in total. The van der Waals surface area contributed by atoms with Gasteiger partial charge in [0.2, 0.25) is 0 Å². The molecule has 0 bridgehead atoms. The lowest BCUT2D eigenvalue weighted by molar-refractivity contribution is 0.0412. The Kier molecular flexibility index (Phi) is 2.28. The summed E-state index contributed by atoms with van der Waals surface area (Å²) >= 11 is 0. The van der Waals surface area contributed by atoms with Crippen molar-refractivity contribution in [2.45, 2.75) is 70.6 Å². The monoisotopic (exact) mass is 260 g/mol. The van der Waals surface area contributed by atoms with Crippen LogP contribution < -0.4 is 0 Å². The van der Waals surface area contributed by atoms with Crippen LogP contribution in [-0.2, 0) is 0 Å². The van der Waals surface area contributed by atoms with E-state index >= 15 is 0 Å². The maximum Gasteiger partial charge on any atom is 0.0627 e. The van der Waals surface area contributed by atoms with Crippen molar-refractivity contribution in [1.82, 2.24) is 0 Å². The zero-order chi connectivity index (χ0) is 13.4. The first kappa shape index (κ1) is 12.7. The molecular weight excluding hydrogens is 232 g/mol. The van der Waals surface area contributed by atoms with Gasteiger partial charge in [-0.15, -0.1) is 0 Å². The average molecular weight is 260 g/mol. The van der Waals surface area contributed by atoms with E-state index in [2.05, 4.69) is 59.0 Å². The highest BCUT2D eigenvalue weighted by Crippen LogP contribution is 2.89. The van der Waals surface area contributed by atoms with Crippen LogP contribution >= 0.6 is 0 Å². The van der Waals surface area contributed by atoms with Crippen molar-refractivity contribution >= 4 is 8.07 Å². The van der Waals surface area contributed by atoms with Crippen LogP contribution in [0.15, 0.2) is 23.8 Å². The van der Waals surface area contributed by atoms with Crippen LogP contribution in [0.5, 0.6) is 0 Å². The molecule has 3 aliphatic rings. The molecule has 0 spiro atoms. The Morgan fingerprint density at radius 1 is 1.17 bits per heavy atom. The third kappa shape index (κ3) is 1.09. The van der Waals surface area contributed by atoms with Gasteiger partial charge in [0.15, 0.2) is 0 Å². The molecule has 1 heterocycles. The van der Waals surface area contributed by atoms with E-state index in [-0.39, 0.29) is 0 Å². The minimum Gasteiger partial charge on any atom is -0.0805 e.